The van der Waals surface area contributed by atoms with E-state index in [1.807, 2.05) is 6.20 Å². The monoisotopic (exact) mass is 193 g/mol. The fourth-order valence-corrected chi connectivity index (χ4v) is 2.12. The van der Waals surface area contributed by atoms with Crippen molar-refractivity contribution in [3.63, 3.8) is 0 Å². The second-order valence-electron chi connectivity index (χ2n) is 4.02. The molecule has 0 N–H and O–H groups in total. The molecule has 0 bridgehead atoms. The van der Waals surface area contributed by atoms with Gasteiger partial charge in [0.1, 0.15) is 11.2 Å². The molecule has 3 nitrogen and oxygen atoms in total. The molecule has 0 unspecified atom stereocenters. The average Bonchev–Trinajstić information content (AvgIpc) is 2.45. The molecular formula is C9H11N3S. The molecule has 0 fully saturated rings. The van der Waals surface area contributed by atoms with E-state index in [0.717, 1.165) is 15.9 Å². The van der Waals surface area contributed by atoms with Gasteiger partial charge in [-0.25, -0.2) is 9.97 Å². The summed E-state index contributed by atoms with van der Waals surface area (Å²) in [4.78, 5) is 9.15. The number of aromatic nitrogens is 3. The molecule has 0 aromatic carbocycles. The first-order chi connectivity index (χ1) is 6.09. The van der Waals surface area contributed by atoms with Crippen molar-refractivity contribution in [3.05, 3.63) is 18.2 Å². The van der Waals surface area contributed by atoms with Crippen LogP contribution in [0.3, 0.4) is 0 Å². The first-order valence-electron chi connectivity index (χ1n) is 4.15. The van der Waals surface area contributed by atoms with Crippen molar-refractivity contribution >= 4 is 21.7 Å². The lowest BCUT2D eigenvalue weighted by atomic mass is 9.91. The van der Waals surface area contributed by atoms with E-state index in [4.69, 9.17) is 0 Å². The Labute approximate surface area is 81.0 Å². The number of hydrogen-bond acceptors (Lipinski definition) is 4. The van der Waals surface area contributed by atoms with Crippen molar-refractivity contribution in [2.45, 2.75) is 26.2 Å². The van der Waals surface area contributed by atoms with E-state index in [9.17, 15) is 0 Å². The highest BCUT2D eigenvalue weighted by molar-refractivity contribution is 7.12. The fourth-order valence-electron chi connectivity index (χ4n) is 1.23. The lowest BCUT2D eigenvalue weighted by molar-refractivity contribution is 0.581. The minimum atomic E-state index is 0.0724. The number of rotatable bonds is 0. The highest BCUT2D eigenvalue weighted by atomic mass is 32.1. The molecule has 4 heteroatoms. The Morgan fingerprint density at radius 2 is 2.08 bits per heavy atom. The lowest BCUT2D eigenvalue weighted by Gasteiger charge is -2.14. The van der Waals surface area contributed by atoms with Crippen LogP contribution in [0, 0.1) is 0 Å². The number of hydrogen-bond donors (Lipinski definition) is 0. The second kappa shape index (κ2) is 2.73. The largest absolute Gasteiger partial charge is 0.244 e. The van der Waals surface area contributed by atoms with Gasteiger partial charge in [0.2, 0.25) is 0 Å². The minimum Gasteiger partial charge on any atom is -0.244 e. The zero-order valence-electron chi connectivity index (χ0n) is 7.90. The number of fused-ring (bicyclic) bond motifs is 1. The van der Waals surface area contributed by atoms with Crippen LogP contribution in [0.5, 0.6) is 0 Å². The van der Waals surface area contributed by atoms with E-state index in [1.165, 1.54) is 11.5 Å². The van der Waals surface area contributed by atoms with Crippen molar-refractivity contribution in [3.8, 4) is 0 Å². The van der Waals surface area contributed by atoms with Gasteiger partial charge >= 0.3 is 0 Å². The maximum Gasteiger partial charge on any atom is 0.147 e. The van der Waals surface area contributed by atoms with E-state index in [-0.39, 0.29) is 5.41 Å². The van der Waals surface area contributed by atoms with Gasteiger partial charge in [0.15, 0.2) is 0 Å². The molecule has 13 heavy (non-hydrogen) atoms. The Hall–Kier alpha value is -1.03. The third kappa shape index (κ3) is 1.42. The minimum absolute atomic E-state index is 0.0724. The first kappa shape index (κ1) is 8.56. The van der Waals surface area contributed by atoms with Crippen LogP contribution in [0.25, 0.3) is 10.2 Å². The van der Waals surface area contributed by atoms with Gasteiger partial charge in [-0.05, 0) is 11.5 Å². The highest BCUT2D eigenvalue weighted by Crippen LogP contribution is 2.29. The molecular weight excluding hydrogens is 182 g/mol. The number of nitrogens with zero attached hydrogens (tertiary/aromatic N) is 3. The first-order valence-corrected chi connectivity index (χ1v) is 4.92. The summed E-state index contributed by atoms with van der Waals surface area (Å²) in [5.74, 6) is 0. The predicted octanol–water partition coefficient (Wildman–Crippen LogP) is 2.38. The van der Waals surface area contributed by atoms with E-state index in [0.29, 0.717) is 0 Å². The summed E-state index contributed by atoms with van der Waals surface area (Å²) in [5, 5.41) is 1.08. The van der Waals surface area contributed by atoms with Crippen LogP contribution in [0.2, 0.25) is 0 Å². The zero-order chi connectivity index (χ0) is 9.47. The Kier molecular flexibility index (Phi) is 1.80. The van der Waals surface area contributed by atoms with Crippen LogP contribution in [0.1, 0.15) is 26.5 Å². The molecule has 0 radical (unpaired) electrons. The Balaban J connectivity index is 2.72. The van der Waals surface area contributed by atoms with Gasteiger partial charge in [-0.2, -0.15) is 4.37 Å². The molecule has 2 aromatic rings. The molecule has 0 spiro atoms. The molecule has 2 rings (SSSR count). The van der Waals surface area contributed by atoms with Gasteiger partial charge in [0.25, 0.3) is 0 Å². The fraction of sp³-hybridized carbons (Fsp3) is 0.444. The molecule has 0 atom stereocenters. The van der Waals surface area contributed by atoms with E-state index < -0.39 is 0 Å². The summed E-state index contributed by atoms with van der Waals surface area (Å²) in [6.45, 7) is 6.44. The summed E-state index contributed by atoms with van der Waals surface area (Å²) in [5.41, 5.74) is 1.16. The van der Waals surface area contributed by atoms with Crippen LogP contribution < -0.4 is 0 Å². The summed E-state index contributed by atoms with van der Waals surface area (Å²) >= 11 is 1.44. The molecule has 0 aliphatic rings. The van der Waals surface area contributed by atoms with Gasteiger partial charge in [0, 0.05) is 11.6 Å². The van der Waals surface area contributed by atoms with Crippen molar-refractivity contribution in [2.24, 2.45) is 0 Å². The maximum absolute atomic E-state index is 4.41. The van der Waals surface area contributed by atoms with Crippen LogP contribution >= 0.6 is 11.5 Å². The Morgan fingerprint density at radius 1 is 1.31 bits per heavy atom. The third-order valence-electron chi connectivity index (χ3n) is 1.86. The lowest BCUT2D eigenvalue weighted by Crippen LogP contribution is -2.11. The van der Waals surface area contributed by atoms with Crippen molar-refractivity contribution in [2.75, 3.05) is 0 Å². The van der Waals surface area contributed by atoms with Crippen molar-refractivity contribution in [1.29, 1.82) is 0 Å². The molecule has 68 valence electrons. The second-order valence-corrected chi connectivity index (χ2v) is 4.77. The van der Waals surface area contributed by atoms with Gasteiger partial charge in [-0.15, -0.1) is 0 Å². The summed E-state index contributed by atoms with van der Waals surface area (Å²) in [6.07, 6.45) is 3.40. The highest BCUT2D eigenvalue weighted by Gasteiger charge is 2.20. The SMILES string of the molecule is CC(C)(C)c1nsc2ncncc12. The van der Waals surface area contributed by atoms with Gasteiger partial charge in [0.05, 0.1) is 11.1 Å². The summed E-state index contributed by atoms with van der Waals surface area (Å²) in [6, 6.07) is 0. The zero-order valence-corrected chi connectivity index (χ0v) is 8.72. The van der Waals surface area contributed by atoms with Crippen LogP contribution in [0.15, 0.2) is 12.5 Å². The quantitative estimate of drug-likeness (QED) is 0.644. The van der Waals surface area contributed by atoms with Gasteiger partial charge in [-0.3, -0.25) is 0 Å². The maximum atomic E-state index is 4.41. The van der Waals surface area contributed by atoms with Crippen molar-refractivity contribution in [1.82, 2.24) is 14.3 Å². The van der Waals surface area contributed by atoms with E-state index >= 15 is 0 Å². The van der Waals surface area contributed by atoms with Crippen LogP contribution in [-0.2, 0) is 5.41 Å². The Morgan fingerprint density at radius 3 is 2.77 bits per heavy atom. The smallest absolute Gasteiger partial charge is 0.147 e. The van der Waals surface area contributed by atoms with Gasteiger partial charge in [-0.1, -0.05) is 20.8 Å². The third-order valence-corrected chi connectivity index (χ3v) is 2.64. The van der Waals surface area contributed by atoms with E-state index in [1.54, 1.807) is 6.33 Å². The normalized spacial score (nSPS) is 12.2. The molecule has 0 saturated carbocycles. The summed E-state index contributed by atoms with van der Waals surface area (Å²) in [7, 11) is 0. The molecule has 0 saturated heterocycles. The van der Waals surface area contributed by atoms with Crippen LogP contribution in [-0.4, -0.2) is 14.3 Å². The molecule has 0 aliphatic carbocycles. The van der Waals surface area contributed by atoms with Crippen LogP contribution in [0.4, 0.5) is 0 Å². The van der Waals surface area contributed by atoms with E-state index in [2.05, 4.69) is 35.1 Å². The average molecular weight is 193 g/mol. The standard InChI is InChI=1S/C9H11N3S/c1-9(2,3)7-6-4-10-5-11-8(6)13-12-7/h4-5H,1-3H3. The molecule has 2 aromatic heterocycles. The molecule has 2 heterocycles. The van der Waals surface area contributed by atoms with Crippen molar-refractivity contribution < 1.29 is 0 Å². The summed E-state index contributed by atoms with van der Waals surface area (Å²) < 4.78 is 4.41. The molecule has 0 amide bonds. The molecule has 0 aliphatic heterocycles. The Bertz CT molecular complexity index is 428. The van der Waals surface area contributed by atoms with Gasteiger partial charge < -0.3 is 0 Å². The predicted molar refractivity (Wildman–Crippen MR) is 53.9 cm³/mol. The topological polar surface area (TPSA) is 38.7 Å².